The number of anilines is 2. The molecular weight excluding hydrogens is 333 g/mol. The summed E-state index contributed by atoms with van der Waals surface area (Å²) in [4.78, 5) is 6.15. The van der Waals surface area contributed by atoms with Crippen molar-refractivity contribution in [2.45, 2.75) is 6.18 Å². The smallest absolute Gasteiger partial charge is 0.416 e. The first kappa shape index (κ1) is 17.3. The minimum atomic E-state index is -4.43. The van der Waals surface area contributed by atoms with E-state index in [1.807, 2.05) is 23.1 Å². The first-order chi connectivity index (χ1) is 12.0. The molecule has 1 aliphatic heterocycles. The molecule has 25 heavy (non-hydrogen) atoms. The number of nitrogens with one attached hydrogen (secondary N) is 2. The lowest BCUT2D eigenvalue weighted by Crippen LogP contribution is -2.44. The molecule has 0 saturated carbocycles. The lowest BCUT2D eigenvalue weighted by molar-refractivity contribution is -0.137. The summed E-state index contributed by atoms with van der Waals surface area (Å²) in [6.45, 7) is 2.71. The standard InChI is InChI=1S/C17H19F3N4O/c18-17(19,20)13-10-15(22-12-25-14-4-2-1-3-5-14)23-16(11-13)24-8-6-21-7-9-24/h1-5,10-11,21H,6-9,12H2,(H,22,23). The van der Waals surface area contributed by atoms with Crippen molar-refractivity contribution in [3.8, 4) is 5.75 Å². The van der Waals surface area contributed by atoms with Crippen LogP contribution in [-0.2, 0) is 6.18 Å². The zero-order chi connectivity index (χ0) is 17.7. The van der Waals surface area contributed by atoms with Crippen LogP contribution >= 0.6 is 0 Å². The van der Waals surface area contributed by atoms with Crippen molar-refractivity contribution >= 4 is 11.6 Å². The van der Waals surface area contributed by atoms with Crippen LogP contribution in [0.3, 0.4) is 0 Å². The molecule has 1 aromatic carbocycles. The Morgan fingerprint density at radius 1 is 1.12 bits per heavy atom. The Kier molecular flexibility index (Phi) is 5.28. The summed E-state index contributed by atoms with van der Waals surface area (Å²) in [5.74, 6) is 1.09. The Hall–Kier alpha value is -2.48. The van der Waals surface area contributed by atoms with Crippen molar-refractivity contribution in [1.29, 1.82) is 0 Å². The summed E-state index contributed by atoms with van der Waals surface area (Å²) in [5.41, 5.74) is -0.724. The zero-order valence-corrected chi connectivity index (χ0v) is 13.5. The molecule has 0 atom stereocenters. The van der Waals surface area contributed by atoms with Crippen LogP contribution in [0.5, 0.6) is 5.75 Å². The summed E-state index contributed by atoms with van der Waals surface area (Å²) in [6.07, 6.45) is -4.43. The molecule has 2 N–H and O–H groups in total. The van der Waals surface area contributed by atoms with Crippen LogP contribution in [-0.4, -0.2) is 37.9 Å². The highest BCUT2D eigenvalue weighted by atomic mass is 19.4. The fourth-order valence-electron chi connectivity index (χ4n) is 2.54. The van der Waals surface area contributed by atoms with Crippen molar-refractivity contribution in [1.82, 2.24) is 10.3 Å². The molecule has 134 valence electrons. The second kappa shape index (κ2) is 7.60. The van der Waals surface area contributed by atoms with Crippen molar-refractivity contribution in [3.63, 3.8) is 0 Å². The van der Waals surface area contributed by atoms with Gasteiger partial charge in [0.15, 0.2) is 6.73 Å². The predicted molar refractivity (Wildman–Crippen MR) is 89.9 cm³/mol. The summed E-state index contributed by atoms with van der Waals surface area (Å²) in [6, 6.07) is 11.1. The molecule has 1 saturated heterocycles. The highest BCUT2D eigenvalue weighted by Gasteiger charge is 2.32. The second-order valence-corrected chi connectivity index (χ2v) is 5.61. The SMILES string of the molecule is FC(F)(F)c1cc(NCOc2ccccc2)nc(N2CCNCC2)c1. The van der Waals surface area contributed by atoms with Gasteiger partial charge in [-0.1, -0.05) is 18.2 Å². The van der Waals surface area contributed by atoms with Gasteiger partial charge in [0.1, 0.15) is 17.4 Å². The maximum absolute atomic E-state index is 13.2. The van der Waals surface area contributed by atoms with Gasteiger partial charge >= 0.3 is 6.18 Å². The molecule has 1 aliphatic rings. The third kappa shape index (κ3) is 4.76. The van der Waals surface area contributed by atoms with Gasteiger partial charge in [-0.15, -0.1) is 0 Å². The Morgan fingerprint density at radius 3 is 2.52 bits per heavy atom. The van der Waals surface area contributed by atoms with Gasteiger partial charge in [-0.25, -0.2) is 4.98 Å². The fraction of sp³-hybridized carbons (Fsp3) is 0.353. The van der Waals surface area contributed by atoms with Gasteiger partial charge in [0, 0.05) is 26.2 Å². The first-order valence-corrected chi connectivity index (χ1v) is 7.99. The Labute approximate surface area is 143 Å². The first-order valence-electron chi connectivity index (χ1n) is 7.99. The van der Waals surface area contributed by atoms with E-state index >= 15 is 0 Å². The van der Waals surface area contributed by atoms with E-state index in [-0.39, 0.29) is 12.5 Å². The number of piperazine rings is 1. The molecule has 1 aromatic heterocycles. The zero-order valence-electron chi connectivity index (χ0n) is 13.5. The number of ether oxygens (including phenoxy) is 1. The van der Waals surface area contributed by atoms with Crippen LogP contribution in [0.25, 0.3) is 0 Å². The normalized spacial score (nSPS) is 15.1. The molecule has 2 aromatic rings. The van der Waals surface area contributed by atoms with Gasteiger partial charge in [0.05, 0.1) is 5.56 Å². The number of hydrogen-bond donors (Lipinski definition) is 2. The molecule has 0 amide bonds. The summed E-state index contributed by atoms with van der Waals surface area (Å²) in [5, 5.41) is 5.98. The summed E-state index contributed by atoms with van der Waals surface area (Å²) in [7, 11) is 0. The molecule has 0 spiro atoms. The topological polar surface area (TPSA) is 49.4 Å². The Morgan fingerprint density at radius 2 is 1.84 bits per heavy atom. The Balaban J connectivity index is 1.74. The van der Waals surface area contributed by atoms with Gasteiger partial charge in [-0.3, -0.25) is 0 Å². The number of para-hydroxylation sites is 1. The van der Waals surface area contributed by atoms with Crippen LogP contribution in [0, 0.1) is 0 Å². The lowest BCUT2D eigenvalue weighted by atomic mass is 10.2. The van der Waals surface area contributed by atoms with Crippen molar-refractivity contribution in [2.24, 2.45) is 0 Å². The third-order valence-electron chi connectivity index (χ3n) is 3.82. The number of pyridine rings is 1. The number of nitrogens with zero attached hydrogens (tertiary/aromatic N) is 2. The highest BCUT2D eigenvalue weighted by molar-refractivity contribution is 5.51. The van der Waals surface area contributed by atoms with E-state index in [1.165, 1.54) is 0 Å². The fourth-order valence-corrected chi connectivity index (χ4v) is 2.54. The van der Waals surface area contributed by atoms with E-state index in [2.05, 4.69) is 15.6 Å². The minimum absolute atomic E-state index is 0.0271. The average Bonchev–Trinajstić information content (AvgIpc) is 2.62. The van der Waals surface area contributed by atoms with E-state index in [9.17, 15) is 13.2 Å². The van der Waals surface area contributed by atoms with E-state index < -0.39 is 11.7 Å². The number of halogens is 3. The largest absolute Gasteiger partial charge is 0.473 e. The number of benzene rings is 1. The van der Waals surface area contributed by atoms with Gasteiger partial charge in [-0.2, -0.15) is 13.2 Å². The molecule has 2 heterocycles. The van der Waals surface area contributed by atoms with Gasteiger partial charge < -0.3 is 20.3 Å². The van der Waals surface area contributed by atoms with Crippen molar-refractivity contribution in [3.05, 3.63) is 48.0 Å². The molecule has 0 radical (unpaired) electrons. The van der Waals surface area contributed by atoms with Crippen molar-refractivity contribution < 1.29 is 17.9 Å². The van der Waals surface area contributed by atoms with Crippen molar-refractivity contribution in [2.75, 3.05) is 43.1 Å². The minimum Gasteiger partial charge on any atom is -0.473 e. The quantitative estimate of drug-likeness (QED) is 0.811. The lowest BCUT2D eigenvalue weighted by Gasteiger charge is -2.29. The Bertz CT molecular complexity index is 688. The molecule has 0 unspecified atom stereocenters. The molecule has 0 aliphatic carbocycles. The van der Waals surface area contributed by atoms with Crippen LogP contribution in [0.2, 0.25) is 0 Å². The molecule has 0 bridgehead atoms. The molecule has 8 heteroatoms. The van der Waals surface area contributed by atoms with Gasteiger partial charge in [0.25, 0.3) is 0 Å². The molecular formula is C17H19F3N4O. The van der Waals surface area contributed by atoms with E-state index in [0.29, 0.717) is 24.7 Å². The van der Waals surface area contributed by atoms with Crippen LogP contribution in [0.1, 0.15) is 5.56 Å². The average molecular weight is 352 g/mol. The van der Waals surface area contributed by atoms with Gasteiger partial charge in [-0.05, 0) is 24.3 Å². The monoisotopic (exact) mass is 352 g/mol. The molecule has 5 nitrogen and oxygen atoms in total. The van der Waals surface area contributed by atoms with E-state index in [4.69, 9.17) is 4.74 Å². The maximum atomic E-state index is 13.2. The van der Waals surface area contributed by atoms with Crippen LogP contribution < -0.4 is 20.3 Å². The number of alkyl halides is 3. The van der Waals surface area contributed by atoms with Gasteiger partial charge in [0.2, 0.25) is 0 Å². The highest BCUT2D eigenvalue weighted by Crippen LogP contribution is 2.33. The summed E-state index contributed by atoms with van der Waals surface area (Å²) >= 11 is 0. The summed E-state index contributed by atoms with van der Waals surface area (Å²) < 4.78 is 45.0. The van der Waals surface area contributed by atoms with Crippen LogP contribution in [0.4, 0.5) is 24.8 Å². The number of rotatable bonds is 5. The predicted octanol–water partition coefficient (Wildman–Crippen LogP) is 2.96. The maximum Gasteiger partial charge on any atom is 0.416 e. The number of aromatic nitrogens is 1. The van der Waals surface area contributed by atoms with E-state index in [0.717, 1.165) is 25.2 Å². The molecule has 3 rings (SSSR count). The third-order valence-corrected chi connectivity index (χ3v) is 3.82. The van der Waals surface area contributed by atoms with E-state index in [1.54, 1.807) is 12.1 Å². The number of hydrogen-bond acceptors (Lipinski definition) is 5. The second-order valence-electron chi connectivity index (χ2n) is 5.61. The van der Waals surface area contributed by atoms with Crippen LogP contribution in [0.15, 0.2) is 42.5 Å². The molecule has 1 fully saturated rings.